The monoisotopic (exact) mass is 802 g/mol. The maximum absolute atomic E-state index is 4.68. The molecule has 0 heterocycles. The van der Waals surface area contributed by atoms with E-state index in [4.69, 9.17) is 0 Å². The van der Waals surface area contributed by atoms with Crippen LogP contribution in [-0.2, 0) is 71.6 Å². The Bertz CT molecular complexity index is 477. The molecule has 0 saturated heterocycles. The van der Waals surface area contributed by atoms with Gasteiger partial charge >= 0.3 is 21.1 Å². The summed E-state index contributed by atoms with van der Waals surface area (Å²) in [6.45, 7) is 12.6. The third-order valence-corrected chi connectivity index (χ3v) is 6.35. The quantitative estimate of drug-likeness (QED) is 0.0419. The molecule has 0 aromatic rings. The van der Waals surface area contributed by atoms with Crippen molar-refractivity contribution in [2.24, 2.45) is 0 Å². The second-order valence-corrected chi connectivity index (χ2v) is 13.4. The topological polar surface area (TPSA) is 48.1 Å². The first-order valence-corrected chi connectivity index (χ1v) is 18.1. The van der Waals surface area contributed by atoms with Crippen LogP contribution in [0, 0.1) is 0 Å². The normalized spacial score (nSPS) is 9.07. The number of hydrogen-bond acceptors (Lipinski definition) is 8. The molecule has 0 aliphatic carbocycles. The van der Waals surface area contributed by atoms with Gasteiger partial charge in [0.25, 0.3) is 0 Å². The average molecular weight is 801 g/mol. The Balaban J connectivity index is -0.000000139. The second kappa shape index (κ2) is 48.0. The third-order valence-electron chi connectivity index (χ3n) is 5.20. The van der Waals surface area contributed by atoms with Gasteiger partial charge in [-0.25, -0.2) is 0 Å². The Morgan fingerprint density at radius 1 is 0.366 bits per heavy atom. The zero-order chi connectivity index (χ0) is 31.3. The van der Waals surface area contributed by atoms with Crippen LogP contribution in [0.15, 0.2) is 0 Å². The fraction of sp³-hybridized carbons (Fsp3) is 0.857. The number of unbranched alkanes of at least 4 members (excludes halogenated alkanes) is 12. The molecule has 0 unspecified atom stereocenters. The average Bonchev–Trinajstić information content (AvgIpc) is 2.89. The molecule has 0 bridgehead atoms. The molecule has 0 aromatic carbocycles. The molecule has 0 rings (SSSR count). The van der Waals surface area contributed by atoms with Gasteiger partial charge in [0.1, 0.15) is 0 Å². The van der Waals surface area contributed by atoms with Crippen LogP contribution < -0.4 is 21.3 Å². The van der Waals surface area contributed by atoms with Gasteiger partial charge in [-0.2, -0.15) is 0 Å². The van der Waals surface area contributed by atoms with Crippen LogP contribution in [0.25, 0.3) is 0 Å². The molecule has 4 N–H and O–H groups in total. The van der Waals surface area contributed by atoms with Gasteiger partial charge in [0.2, 0.25) is 0 Å². The minimum atomic E-state index is 0. The van der Waals surface area contributed by atoms with E-state index in [2.05, 4.69) is 148 Å². The number of hydrogen-bond donors (Lipinski definition) is 4. The van der Waals surface area contributed by atoms with Gasteiger partial charge in [-0.15, -0.1) is 0 Å². The standard InChI is InChI=1S/4C7H15NS2.Mo/c4*1-2-3-4-5-6-8-7(9)10;/h4*2-6H2,1H3,(H2,8,9,10);/q;;;;+4/p-4. The Hall–Kier alpha value is 1.13. The molecule has 13 heteroatoms. The summed E-state index contributed by atoms with van der Waals surface area (Å²) >= 11 is 37.4. The van der Waals surface area contributed by atoms with E-state index in [0.29, 0.717) is 17.3 Å². The van der Waals surface area contributed by atoms with Gasteiger partial charge in [0.15, 0.2) is 0 Å². The third kappa shape index (κ3) is 74.2. The number of thiocarbonyl (C=S) groups is 4. The van der Waals surface area contributed by atoms with Crippen LogP contribution in [0.5, 0.6) is 0 Å². The van der Waals surface area contributed by atoms with E-state index in [0.717, 1.165) is 26.2 Å². The van der Waals surface area contributed by atoms with E-state index in [1.807, 2.05) is 0 Å². The Morgan fingerprint density at radius 3 is 0.659 bits per heavy atom. The minimum Gasteiger partial charge on any atom is -0.412 e. The van der Waals surface area contributed by atoms with Crippen molar-refractivity contribution in [3.05, 3.63) is 0 Å². The van der Waals surface area contributed by atoms with Crippen LogP contribution in [0.2, 0.25) is 0 Å². The first-order valence-electron chi connectivity index (χ1n) is 14.9. The SMILES string of the molecule is CCCCCCNC(=S)[S-].CCCCCCNC(=S)[S-].CCCCCCNC(=S)[S-].CCCCCCNC(=S)[S-].[Mo+4]. The van der Waals surface area contributed by atoms with E-state index < -0.39 is 0 Å². The van der Waals surface area contributed by atoms with Crippen molar-refractivity contribution in [1.82, 2.24) is 21.3 Å². The molecule has 4 nitrogen and oxygen atoms in total. The summed E-state index contributed by atoms with van der Waals surface area (Å²) < 4.78 is 1.99. The summed E-state index contributed by atoms with van der Waals surface area (Å²) in [5, 5.41) is 11.8. The smallest absolute Gasteiger partial charge is 0.412 e. The molecule has 0 radical (unpaired) electrons. The zero-order valence-electron chi connectivity index (χ0n) is 25.8. The molecule has 41 heavy (non-hydrogen) atoms. The first-order chi connectivity index (χ1) is 19.1. The van der Waals surface area contributed by atoms with Crippen LogP contribution >= 0.6 is 48.9 Å². The fourth-order valence-electron chi connectivity index (χ4n) is 2.97. The summed E-state index contributed by atoms with van der Waals surface area (Å²) in [7, 11) is 0. The van der Waals surface area contributed by atoms with Gasteiger partial charge in [-0.3, -0.25) is 0 Å². The maximum Gasteiger partial charge on any atom is 4.00 e. The Morgan fingerprint density at radius 2 is 0.537 bits per heavy atom. The van der Waals surface area contributed by atoms with Crippen molar-refractivity contribution in [3.63, 3.8) is 0 Å². The predicted molar refractivity (Wildman–Crippen MR) is 208 cm³/mol. The van der Waals surface area contributed by atoms with E-state index in [9.17, 15) is 0 Å². The van der Waals surface area contributed by atoms with Gasteiger partial charge in [0.05, 0.1) is 0 Å². The van der Waals surface area contributed by atoms with E-state index >= 15 is 0 Å². The molecular weight excluding hydrogens is 745 g/mol. The summed E-state index contributed by atoms with van der Waals surface area (Å²) in [6, 6.07) is 0. The fourth-order valence-corrected chi connectivity index (χ4v) is 3.79. The van der Waals surface area contributed by atoms with Crippen molar-refractivity contribution in [2.75, 3.05) is 26.2 Å². The van der Waals surface area contributed by atoms with Crippen LogP contribution in [0.4, 0.5) is 0 Å². The molecule has 0 aliphatic rings. The molecule has 0 saturated carbocycles. The van der Waals surface area contributed by atoms with Gasteiger partial charge in [-0.1, -0.05) is 122 Å². The van der Waals surface area contributed by atoms with E-state index in [-0.39, 0.29) is 21.1 Å². The molecule has 242 valence electrons. The molecule has 0 fully saturated rings. The van der Waals surface area contributed by atoms with Crippen LogP contribution in [0.1, 0.15) is 130 Å². The molecule has 0 spiro atoms. The largest absolute Gasteiger partial charge is 4.00 e. The van der Waals surface area contributed by atoms with Crippen molar-refractivity contribution in [1.29, 1.82) is 0 Å². The Kier molecular flexibility index (Phi) is 60.6. The van der Waals surface area contributed by atoms with Crippen molar-refractivity contribution < 1.29 is 21.1 Å². The van der Waals surface area contributed by atoms with Crippen molar-refractivity contribution in [2.45, 2.75) is 130 Å². The zero-order valence-corrected chi connectivity index (χ0v) is 34.4. The maximum atomic E-state index is 4.68. The second-order valence-electron chi connectivity index (χ2n) is 9.10. The molecule has 0 aromatic heterocycles. The van der Waals surface area contributed by atoms with Crippen molar-refractivity contribution >= 4 is 117 Å². The summed E-state index contributed by atoms with van der Waals surface area (Å²) in [4.78, 5) is 0. The molecule has 0 amide bonds. The molecular formula is C28H56MoN4S8. The van der Waals surface area contributed by atoms with Gasteiger partial charge in [0, 0.05) is 26.2 Å². The number of rotatable bonds is 20. The summed E-state index contributed by atoms with van der Waals surface area (Å²) in [5.41, 5.74) is 0. The Labute approximate surface area is 312 Å². The van der Waals surface area contributed by atoms with E-state index in [1.54, 1.807) is 0 Å². The van der Waals surface area contributed by atoms with Gasteiger partial charge in [-0.05, 0) is 25.7 Å². The van der Waals surface area contributed by atoms with Crippen LogP contribution in [-0.4, -0.2) is 43.5 Å². The van der Waals surface area contributed by atoms with E-state index in [1.165, 1.54) is 103 Å². The van der Waals surface area contributed by atoms with Gasteiger partial charge < -0.3 is 121 Å². The van der Waals surface area contributed by atoms with Crippen LogP contribution in [0.3, 0.4) is 0 Å². The minimum absolute atomic E-state index is 0. The first kappa shape index (κ1) is 51.7. The molecule has 0 atom stereocenters. The van der Waals surface area contributed by atoms with Crippen molar-refractivity contribution in [3.8, 4) is 0 Å². The predicted octanol–water partition coefficient (Wildman–Crippen LogP) is 7.95. The number of nitrogens with one attached hydrogen (secondary N) is 4. The summed E-state index contributed by atoms with van der Waals surface area (Å²) in [5.74, 6) is 0. The molecule has 0 aliphatic heterocycles. The summed E-state index contributed by atoms with van der Waals surface area (Å²) in [6.07, 6.45) is 20.2.